The monoisotopic (exact) mass is 420 g/mol. The van der Waals surface area contributed by atoms with E-state index in [2.05, 4.69) is 5.32 Å². The van der Waals surface area contributed by atoms with Gasteiger partial charge in [0.2, 0.25) is 0 Å². The molecule has 1 heterocycles. The summed E-state index contributed by atoms with van der Waals surface area (Å²) in [6.07, 6.45) is 6.59. The Balaban J connectivity index is 1.74. The molecule has 2 aromatic rings. The van der Waals surface area contributed by atoms with Crippen molar-refractivity contribution in [3.05, 3.63) is 52.8 Å². The van der Waals surface area contributed by atoms with Crippen LogP contribution in [-0.4, -0.2) is 24.0 Å². The first-order valence-corrected chi connectivity index (χ1v) is 10.7. The minimum Gasteiger partial charge on any atom is -0.459 e. The van der Waals surface area contributed by atoms with Crippen molar-refractivity contribution < 1.29 is 18.7 Å². The van der Waals surface area contributed by atoms with E-state index in [4.69, 9.17) is 9.15 Å². The molecule has 31 heavy (non-hydrogen) atoms. The first-order chi connectivity index (χ1) is 14.9. The number of esters is 1. The van der Waals surface area contributed by atoms with Gasteiger partial charge >= 0.3 is 5.97 Å². The molecule has 1 saturated carbocycles. The number of hydrogen-bond donors (Lipinski definition) is 1. The van der Waals surface area contributed by atoms with Crippen molar-refractivity contribution in [1.29, 1.82) is 5.26 Å². The molecule has 1 fully saturated rings. The second kappa shape index (κ2) is 10.1. The van der Waals surface area contributed by atoms with Crippen LogP contribution in [0, 0.1) is 18.3 Å². The summed E-state index contributed by atoms with van der Waals surface area (Å²) in [5, 5.41) is 12.4. The molecule has 0 bridgehead atoms. The van der Waals surface area contributed by atoms with Gasteiger partial charge in [0.25, 0.3) is 5.91 Å². The van der Waals surface area contributed by atoms with Gasteiger partial charge in [0.05, 0.1) is 11.7 Å². The van der Waals surface area contributed by atoms with Gasteiger partial charge in [0.15, 0.2) is 0 Å². The molecule has 1 aromatic carbocycles. The summed E-state index contributed by atoms with van der Waals surface area (Å²) in [5.41, 5.74) is 2.19. The van der Waals surface area contributed by atoms with Crippen LogP contribution >= 0.6 is 0 Å². The number of amides is 1. The van der Waals surface area contributed by atoms with Crippen molar-refractivity contribution in [2.45, 2.75) is 65.0 Å². The zero-order valence-electron chi connectivity index (χ0n) is 18.2. The molecule has 6 nitrogen and oxygen atoms in total. The van der Waals surface area contributed by atoms with Gasteiger partial charge in [0.1, 0.15) is 23.2 Å². The number of nitrogens with one attached hydrogen (secondary N) is 1. The quantitative estimate of drug-likeness (QED) is 0.395. The van der Waals surface area contributed by atoms with Gasteiger partial charge in [-0.15, -0.1) is 0 Å². The highest BCUT2D eigenvalue weighted by molar-refractivity contribution is 6.01. The smallest absolute Gasteiger partial charge is 0.338 e. The summed E-state index contributed by atoms with van der Waals surface area (Å²) < 4.78 is 11.1. The number of rotatable bonds is 6. The third-order valence-electron chi connectivity index (χ3n) is 5.29. The number of carbonyl (C=O) groups is 2. The first kappa shape index (κ1) is 22.4. The van der Waals surface area contributed by atoms with Crippen LogP contribution in [0.15, 0.2) is 40.3 Å². The van der Waals surface area contributed by atoms with E-state index in [1.165, 1.54) is 12.5 Å². The van der Waals surface area contributed by atoms with E-state index in [-0.39, 0.29) is 29.6 Å². The van der Waals surface area contributed by atoms with Crippen LogP contribution in [0.1, 0.15) is 67.6 Å². The number of hydrogen-bond acceptors (Lipinski definition) is 5. The maximum atomic E-state index is 12.5. The van der Waals surface area contributed by atoms with Gasteiger partial charge < -0.3 is 14.5 Å². The summed E-state index contributed by atoms with van der Waals surface area (Å²) in [6.45, 7) is 5.50. The largest absolute Gasteiger partial charge is 0.459 e. The van der Waals surface area contributed by atoms with Crippen molar-refractivity contribution in [2.75, 3.05) is 0 Å². The van der Waals surface area contributed by atoms with Crippen LogP contribution < -0.4 is 5.32 Å². The minimum absolute atomic E-state index is 0.0231. The van der Waals surface area contributed by atoms with E-state index >= 15 is 0 Å². The van der Waals surface area contributed by atoms with Crippen LogP contribution in [-0.2, 0) is 9.53 Å². The lowest BCUT2D eigenvalue weighted by atomic mass is 9.95. The van der Waals surface area contributed by atoms with E-state index < -0.39 is 0 Å². The van der Waals surface area contributed by atoms with Gasteiger partial charge in [-0.1, -0.05) is 25.3 Å². The standard InChI is InChI=1S/C25H28N2O4/c1-16(2)30-25(29)18-9-11-22(17(3)13-18)23-12-10-21(31-23)14-19(15-26)24(28)27-20-7-5-4-6-8-20/h9-14,16,20H,4-8H2,1-3H3,(H,27,28). The molecule has 1 aromatic heterocycles. The van der Waals surface area contributed by atoms with E-state index in [0.717, 1.165) is 36.8 Å². The van der Waals surface area contributed by atoms with E-state index in [1.807, 2.05) is 26.8 Å². The normalized spacial score (nSPS) is 14.9. The highest BCUT2D eigenvalue weighted by Gasteiger charge is 2.19. The molecule has 3 rings (SSSR count). The Kier molecular flexibility index (Phi) is 7.30. The molecule has 1 N–H and O–H groups in total. The fourth-order valence-electron chi connectivity index (χ4n) is 3.73. The molecule has 0 atom stereocenters. The number of ether oxygens (including phenoxy) is 1. The van der Waals surface area contributed by atoms with Crippen LogP contribution in [0.5, 0.6) is 0 Å². The Labute approximate surface area is 182 Å². The molecule has 162 valence electrons. The molecule has 0 unspecified atom stereocenters. The number of benzene rings is 1. The lowest BCUT2D eigenvalue weighted by Gasteiger charge is -2.22. The third-order valence-corrected chi connectivity index (χ3v) is 5.29. The van der Waals surface area contributed by atoms with E-state index in [0.29, 0.717) is 17.1 Å². The predicted octanol–water partition coefficient (Wildman–Crippen LogP) is 5.18. The van der Waals surface area contributed by atoms with Gasteiger partial charge in [0, 0.05) is 17.7 Å². The van der Waals surface area contributed by atoms with Crippen molar-refractivity contribution >= 4 is 18.0 Å². The zero-order chi connectivity index (χ0) is 22.4. The summed E-state index contributed by atoms with van der Waals surface area (Å²) in [5.74, 6) is 0.289. The molecule has 1 aliphatic rings. The summed E-state index contributed by atoms with van der Waals surface area (Å²) >= 11 is 0. The predicted molar refractivity (Wildman–Crippen MR) is 118 cm³/mol. The van der Waals surface area contributed by atoms with Gasteiger partial charge in [-0.25, -0.2) is 4.79 Å². The lowest BCUT2D eigenvalue weighted by Crippen LogP contribution is -2.36. The maximum absolute atomic E-state index is 12.5. The Morgan fingerprint density at radius 2 is 1.94 bits per heavy atom. The maximum Gasteiger partial charge on any atom is 0.338 e. The molecule has 0 spiro atoms. The fraction of sp³-hybridized carbons (Fsp3) is 0.400. The highest BCUT2D eigenvalue weighted by atomic mass is 16.5. The molecular formula is C25H28N2O4. The Morgan fingerprint density at radius 1 is 1.19 bits per heavy atom. The number of nitrogens with zero attached hydrogens (tertiary/aromatic N) is 1. The van der Waals surface area contributed by atoms with Gasteiger partial charge in [-0.05, 0) is 63.4 Å². The van der Waals surface area contributed by atoms with Crippen LogP contribution in [0.3, 0.4) is 0 Å². The number of furan rings is 1. The third kappa shape index (κ3) is 5.85. The summed E-state index contributed by atoms with van der Waals surface area (Å²) in [6, 6.07) is 10.9. The first-order valence-electron chi connectivity index (χ1n) is 10.7. The van der Waals surface area contributed by atoms with Crippen molar-refractivity contribution in [1.82, 2.24) is 5.32 Å². The topological polar surface area (TPSA) is 92.3 Å². The number of nitriles is 1. The average Bonchev–Trinajstić information content (AvgIpc) is 3.20. The Morgan fingerprint density at radius 3 is 2.58 bits per heavy atom. The van der Waals surface area contributed by atoms with Crippen molar-refractivity contribution in [2.24, 2.45) is 0 Å². The Hall–Kier alpha value is -3.33. The fourth-order valence-corrected chi connectivity index (χ4v) is 3.73. The second-order valence-corrected chi connectivity index (χ2v) is 8.16. The minimum atomic E-state index is -0.365. The molecule has 1 amide bonds. The molecular weight excluding hydrogens is 392 g/mol. The van der Waals surface area contributed by atoms with Crippen LogP contribution in [0.4, 0.5) is 0 Å². The highest BCUT2D eigenvalue weighted by Crippen LogP contribution is 2.28. The van der Waals surface area contributed by atoms with E-state index in [9.17, 15) is 14.9 Å². The number of carbonyl (C=O) groups excluding carboxylic acids is 2. The molecule has 1 aliphatic carbocycles. The molecule has 0 radical (unpaired) electrons. The van der Waals surface area contributed by atoms with Gasteiger partial charge in [-0.2, -0.15) is 5.26 Å². The second-order valence-electron chi connectivity index (χ2n) is 8.16. The average molecular weight is 421 g/mol. The van der Waals surface area contributed by atoms with Crippen molar-refractivity contribution in [3.63, 3.8) is 0 Å². The Bertz CT molecular complexity index is 1020. The van der Waals surface area contributed by atoms with E-state index in [1.54, 1.807) is 30.3 Å². The lowest BCUT2D eigenvalue weighted by molar-refractivity contribution is -0.117. The van der Waals surface area contributed by atoms with Crippen LogP contribution in [0.25, 0.3) is 17.4 Å². The summed E-state index contributed by atoms with van der Waals surface area (Å²) in [4.78, 5) is 24.6. The molecule has 0 aliphatic heterocycles. The van der Waals surface area contributed by atoms with Crippen molar-refractivity contribution in [3.8, 4) is 17.4 Å². The van der Waals surface area contributed by atoms with Gasteiger partial charge in [-0.3, -0.25) is 4.79 Å². The van der Waals surface area contributed by atoms with Crippen LogP contribution in [0.2, 0.25) is 0 Å². The summed E-state index contributed by atoms with van der Waals surface area (Å²) in [7, 11) is 0. The number of aryl methyl sites for hydroxylation is 1. The molecule has 0 saturated heterocycles. The zero-order valence-corrected chi connectivity index (χ0v) is 18.2. The molecule has 6 heteroatoms. The SMILES string of the molecule is Cc1cc(C(=O)OC(C)C)ccc1-c1ccc(C=C(C#N)C(=O)NC2CCCCC2)o1.